The highest BCUT2D eigenvalue weighted by atomic mass is 79.9. The van der Waals surface area contributed by atoms with Crippen LogP contribution in [0.1, 0.15) is 23.8 Å². The Morgan fingerprint density at radius 2 is 2.31 bits per heavy atom. The summed E-state index contributed by atoms with van der Waals surface area (Å²) in [6.45, 7) is 4.41. The fourth-order valence-corrected chi connectivity index (χ4v) is 2.37. The number of aromatic nitrogens is 1. The molecule has 0 saturated carbocycles. The van der Waals surface area contributed by atoms with Gasteiger partial charge < -0.3 is 9.47 Å². The van der Waals surface area contributed by atoms with E-state index >= 15 is 0 Å². The van der Waals surface area contributed by atoms with Gasteiger partial charge in [0, 0.05) is 30.3 Å². The first-order valence-electron chi connectivity index (χ1n) is 5.52. The molecule has 0 unspecified atom stereocenters. The van der Waals surface area contributed by atoms with E-state index in [-0.39, 0.29) is 5.91 Å². The first-order valence-corrected chi connectivity index (χ1v) is 6.31. The smallest absolute Gasteiger partial charge is 0.270 e. The van der Waals surface area contributed by atoms with Crippen LogP contribution in [0.4, 0.5) is 0 Å². The standard InChI is InChI=1S/C12H15BrN2O/c1-2-14-9-10(13)8-11(14)12(16)15-6-4-3-5-7-15/h3-4,8-9H,2,5-7H2,1H3. The summed E-state index contributed by atoms with van der Waals surface area (Å²) in [6, 6.07) is 1.89. The molecule has 1 amide bonds. The normalized spacial score (nSPS) is 15.5. The van der Waals surface area contributed by atoms with Gasteiger partial charge in [0.05, 0.1) is 0 Å². The first-order chi connectivity index (χ1) is 7.72. The van der Waals surface area contributed by atoms with E-state index in [2.05, 4.69) is 28.1 Å². The summed E-state index contributed by atoms with van der Waals surface area (Å²) in [4.78, 5) is 14.1. The Morgan fingerprint density at radius 1 is 1.50 bits per heavy atom. The molecule has 1 aromatic heterocycles. The Bertz CT molecular complexity index is 423. The average Bonchev–Trinajstić information content (AvgIpc) is 2.70. The first kappa shape index (κ1) is 11.5. The lowest BCUT2D eigenvalue weighted by Gasteiger charge is -2.23. The molecule has 2 rings (SSSR count). The molecule has 1 aliphatic heterocycles. The van der Waals surface area contributed by atoms with E-state index in [9.17, 15) is 4.79 Å². The predicted molar refractivity (Wildman–Crippen MR) is 67.5 cm³/mol. The molecule has 0 radical (unpaired) electrons. The quantitative estimate of drug-likeness (QED) is 0.766. The second-order valence-corrected chi connectivity index (χ2v) is 4.76. The Hall–Kier alpha value is -1.03. The molecule has 16 heavy (non-hydrogen) atoms. The molecule has 2 heterocycles. The number of rotatable bonds is 2. The van der Waals surface area contributed by atoms with E-state index in [0.717, 1.165) is 36.2 Å². The van der Waals surface area contributed by atoms with Crippen molar-refractivity contribution in [3.05, 3.63) is 34.6 Å². The van der Waals surface area contributed by atoms with Gasteiger partial charge >= 0.3 is 0 Å². The van der Waals surface area contributed by atoms with Crippen LogP contribution >= 0.6 is 15.9 Å². The zero-order valence-corrected chi connectivity index (χ0v) is 10.9. The van der Waals surface area contributed by atoms with Crippen molar-refractivity contribution in [3.63, 3.8) is 0 Å². The van der Waals surface area contributed by atoms with E-state index in [4.69, 9.17) is 0 Å². The number of hydrogen-bond acceptors (Lipinski definition) is 1. The summed E-state index contributed by atoms with van der Waals surface area (Å²) in [7, 11) is 0. The topological polar surface area (TPSA) is 25.2 Å². The number of hydrogen-bond donors (Lipinski definition) is 0. The molecule has 0 fully saturated rings. The van der Waals surface area contributed by atoms with Gasteiger partial charge in [0.15, 0.2) is 0 Å². The van der Waals surface area contributed by atoms with E-state index in [1.165, 1.54) is 0 Å². The summed E-state index contributed by atoms with van der Waals surface area (Å²) < 4.78 is 2.94. The minimum atomic E-state index is 0.122. The fourth-order valence-electron chi connectivity index (χ4n) is 1.90. The third-order valence-corrected chi connectivity index (χ3v) is 3.20. The molecule has 0 atom stereocenters. The van der Waals surface area contributed by atoms with E-state index in [1.807, 2.05) is 28.7 Å². The summed E-state index contributed by atoms with van der Waals surface area (Å²) in [5.41, 5.74) is 0.768. The molecule has 4 heteroatoms. The molecule has 0 spiro atoms. The highest BCUT2D eigenvalue weighted by Gasteiger charge is 2.19. The van der Waals surface area contributed by atoms with Crippen LogP contribution < -0.4 is 0 Å². The van der Waals surface area contributed by atoms with Crippen molar-refractivity contribution in [2.75, 3.05) is 13.1 Å². The number of nitrogens with zero attached hydrogens (tertiary/aromatic N) is 2. The highest BCUT2D eigenvalue weighted by molar-refractivity contribution is 9.10. The van der Waals surface area contributed by atoms with E-state index in [0.29, 0.717) is 0 Å². The molecule has 86 valence electrons. The van der Waals surface area contributed by atoms with Gasteiger partial charge in [0.2, 0.25) is 0 Å². The number of halogens is 1. The van der Waals surface area contributed by atoms with Crippen molar-refractivity contribution < 1.29 is 4.79 Å². The lowest BCUT2D eigenvalue weighted by atomic mass is 10.2. The van der Waals surface area contributed by atoms with Crippen LogP contribution in [-0.4, -0.2) is 28.5 Å². The van der Waals surface area contributed by atoms with Crippen LogP contribution in [0.2, 0.25) is 0 Å². The van der Waals surface area contributed by atoms with Crippen molar-refractivity contribution in [2.24, 2.45) is 0 Å². The maximum atomic E-state index is 12.2. The molecular formula is C12H15BrN2O. The minimum absolute atomic E-state index is 0.122. The third-order valence-electron chi connectivity index (χ3n) is 2.77. The van der Waals surface area contributed by atoms with Crippen molar-refractivity contribution in [3.8, 4) is 0 Å². The molecular weight excluding hydrogens is 268 g/mol. The largest absolute Gasteiger partial charge is 0.343 e. The monoisotopic (exact) mass is 282 g/mol. The summed E-state index contributed by atoms with van der Waals surface area (Å²) in [5.74, 6) is 0.122. The third kappa shape index (κ3) is 2.21. The van der Waals surface area contributed by atoms with Crippen molar-refractivity contribution >= 4 is 21.8 Å². The summed E-state index contributed by atoms with van der Waals surface area (Å²) in [5, 5.41) is 0. The van der Waals surface area contributed by atoms with Gasteiger partial charge in [-0.3, -0.25) is 4.79 Å². The average molecular weight is 283 g/mol. The Kier molecular flexibility index (Phi) is 3.49. The molecule has 0 aliphatic carbocycles. The van der Waals surface area contributed by atoms with Gasteiger partial charge in [-0.15, -0.1) is 0 Å². The molecule has 0 saturated heterocycles. The predicted octanol–water partition coefficient (Wildman–Crippen LogP) is 2.67. The van der Waals surface area contributed by atoms with Gasteiger partial charge in [0.25, 0.3) is 5.91 Å². The SMILES string of the molecule is CCn1cc(Br)cc1C(=O)N1CC=CCC1. The van der Waals surface area contributed by atoms with Gasteiger partial charge in [-0.1, -0.05) is 12.2 Å². The number of carbonyl (C=O) groups excluding carboxylic acids is 1. The van der Waals surface area contributed by atoms with Crippen LogP contribution in [0.5, 0.6) is 0 Å². The van der Waals surface area contributed by atoms with Crippen LogP contribution in [0.3, 0.4) is 0 Å². The van der Waals surface area contributed by atoms with Gasteiger partial charge in [-0.25, -0.2) is 0 Å². The molecule has 0 bridgehead atoms. The fraction of sp³-hybridized carbons (Fsp3) is 0.417. The van der Waals surface area contributed by atoms with Crippen LogP contribution in [-0.2, 0) is 6.54 Å². The lowest BCUT2D eigenvalue weighted by molar-refractivity contribution is 0.0760. The summed E-state index contributed by atoms with van der Waals surface area (Å²) >= 11 is 3.41. The second kappa shape index (κ2) is 4.87. The van der Waals surface area contributed by atoms with E-state index in [1.54, 1.807) is 0 Å². The van der Waals surface area contributed by atoms with Gasteiger partial charge in [-0.2, -0.15) is 0 Å². The second-order valence-electron chi connectivity index (χ2n) is 3.84. The molecule has 0 aromatic carbocycles. The Morgan fingerprint density at radius 3 is 2.94 bits per heavy atom. The van der Waals surface area contributed by atoms with Crippen molar-refractivity contribution in [1.29, 1.82) is 0 Å². The van der Waals surface area contributed by atoms with Crippen LogP contribution in [0, 0.1) is 0 Å². The van der Waals surface area contributed by atoms with Crippen LogP contribution in [0.25, 0.3) is 0 Å². The Balaban J connectivity index is 2.22. The Labute approximate surface area is 104 Å². The van der Waals surface area contributed by atoms with Gasteiger partial charge in [-0.05, 0) is 35.3 Å². The van der Waals surface area contributed by atoms with E-state index < -0.39 is 0 Å². The molecule has 1 aromatic rings. The lowest BCUT2D eigenvalue weighted by Crippen LogP contribution is -2.34. The maximum absolute atomic E-state index is 12.2. The molecule has 3 nitrogen and oxygen atoms in total. The molecule has 0 N–H and O–H groups in total. The zero-order chi connectivity index (χ0) is 11.5. The maximum Gasteiger partial charge on any atom is 0.270 e. The zero-order valence-electron chi connectivity index (χ0n) is 9.32. The van der Waals surface area contributed by atoms with Crippen molar-refractivity contribution in [2.45, 2.75) is 19.9 Å². The number of carbonyl (C=O) groups is 1. The van der Waals surface area contributed by atoms with Crippen molar-refractivity contribution in [1.82, 2.24) is 9.47 Å². The highest BCUT2D eigenvalue weighted by Crippen LogP contribution is 2.17. The number of aryl methyl sites for hydroxylation is 1. The molecule has 1 aliphatic rings. The number of amides is 1. The minimum Gasteiger partial charge on any atom is -0.343 e. The summed E-state index contributed by atoms with van der Waals surface area (Å²) in [6.07, 6.45) is 7.08. The van der Waals surface area contributed by atoms with Crippen LogP contribution in [0.15, 0.2) is 28.9 Å². The van der Waals surface area contributed by atoms with Gasteiger partial charge in [0.1, 0.15) is 5.69 Å².